The van der Waals surface area contributed by atoms with Crippen LogP contribution in [0.2, 0.25) is 0 Å². The topological polar surface area (TPSA) is 53.0 Å². The van der Waals surface area contributed by atoms with Gasteiger partial charge in [-0.1, -0.05) is 18.6 Å². The summed E-state index contributed by atoms with van der Waals surface area (Å²) in [7, 11) is 3.93. The maximum Gasteiger partial charge on any atom is 0.193 e. The van der Waals surface area contributed by atoms with Crippen molar-refractivity contribution < 1.29 is 4.74 Å². The van der Waals surface area contributed by atoms with Crippen molar-refractivity contribution in [3.8, 4) is 0 Å². The molecule has 1 aromatic rings. The molecule has 0 saturated carbocycles. The van der Waals surface area contributed by atoms with Crippen molar-refractivity contribution in [2.45, 2.75) is 32.2 Å². The molecule has 6 nitrogen and oxygen atoms in total. The summed E-state index contributed by atoms with van der Waals surface area (Å²) in [6.45, 7) is 8.80. The van der Waals surface area contributed by atoms with E-state index in [-0.39, 0.29) is 24.0 Å². The minimum atomic E-state index is 0. The van der Waals surface area contributed by atoms with Gasteiger partial charge in [0.05, 0.1) is 13.2 Å². The van der Waals surface area contributed by atoms with Crippen molar-refractivity contribution >= 4 is 35.8 Å². The maximum absolute atomic E-state index is 5.45. The highest BCUT2D eigenvalue weighted by Crippen LogP contribution is 2.18. The Morgan fingerprint density at radius 3 is 2.85 bits per heavy atom. The molecular formula is C20H34IN5O. The van der Waals surface area contributed by atoms with Gasteiger partial charge in [-0.05, 0) is 25.3 Å². The quantitative estimate of drug-likeness (QED) is 0.191. The number of rotatable bonds is 9. The number of aromatic nitrogens is 1. The third-order valence-corrected chi connectivity index (χ3v) is 4.59. The molecule has 2 heterocycles. The number of unbranched alkanes of at least 4 members (excludes halogenated alkanes) is 3. The molecule has 2 rings (SSSR count). The monoisotopic (exact) mass is 487 g/mol. The van der Waals surface area contributed by atoms with Gasteiger partial charge in [0.2, 0.25) is 0 Å². The summed E-state index contributed by atoms with van der Waals surface area (Å²) in [5, 5.41) is 3.48. The summed E-state index contributed by atoms with van der Waals surface area (Å²) < 4.78 is 5.45. The van der Waals surface area contributed by atoms with Crippen LogP contribution in [0.4, 0.5) is 5.82 Å². The van der Waals surface area contributed by atoms with Gasteiger partial charge in [-0.25, -0.2) is 4.98 Å². The van der Waals surface area contributed by atoms with Crippen LogP contribution in [0.15, 0.2) is 36.0 Å². The number of hydrogen-bond donors (Lipinski definition) is 1. The first-order chi connectivity index (χ1) is 12.8. The van der Waals surface area contributed by atoms with Crippen LogP contribution in [-0.4, -0.2) is 62.8 Å². The summed E-state index contributed by atoms with van der Waals surface area (Å²) in [6, 6.07) is 4.13. The molecule has 0 aromatic carbocycles. The van der Waals surface area contributed by atoms with Crippen LogP contribution in [0.25, 0.3) is 0 Å². The fourth-order valence-electron chi connectivity index (χ4n) is 3.11. The Bertz CT molecular complexity index is 575. The number of pyridine rings is 1. The lowest BCUT2D eigenvalue weighted by Gasteiger charge is -2.30. The van der Waals surface area contributed by atoms with Crippen LogP contribution in [0, 0.1) is 0 Å². The van der Waals surface area contributed by atoms with Crippen LogP contribution >= 0.6 is 24.0 Å². The maximum atomic E-state index is 5.45. The first-order valence-electron chi connectivity index (χ1n) is 9.55. The van der Waals surface area contributed by atoms with Crippen molar-refractivity contribution in [3.63, 3.8) is 0 Å². The lowest BCUT2D eigenvalue weighted by Crippen LogP contribution is -2.40. The number of morpholine rings is 1. The summed E-state index contributed by atoms with van der Waals surface area (Å²) in [4.78, 5) is 13.5. The Labute approximate surface area is 181 Å². The van der Waals surface area contributed by atoms with E-state index in [9.17, 15) is 0 Å². The minimum Gasteiger partial charge on any atom is -0.378 e. The second-order valence-corrected chi connectivity index (χ2v) is 6.55. The molecule has 1 aromatic heterocycles. The lowest BCUT2D eigenvalue weighted by molar-refractivity contribution is 0.122. The highest BCUT2D eigenvalue weighted by molar-refractivity contribution is 14.0. The van der Waals surface area contributed by atoms with E-state index in [4.69, 9.17) is 4.74 Å². The van der Waals surface area contributed by atoms with Crippen molar-refractivity contribution in [1.29, 1.82) is 0 Å². The van der Waals surface area contributed by atoms with Gasteiger partial charge in [0.15, 0.2) is 5.96 Å². The Morgan fingerprint density at radius 1 is 1.37 bits per heavy atom. The molecule has 7 heteroatoms. The average Bonchev–Trinajstić information content (AvgIpc) is 2.69. The molecule has 1 aliphatic rings. The van der Waals surface area contributed by atoms with Gasteiger partial charge in [-0.2, -0.15) is 0 Å². The third-order valence-electron chi connectivity index (χ3n) is 4.59. The number of nitrogens with one attached hydrogen (secondary N) is 1. The number of aliphatic imine (C=N–C) groups is 1. The van der Waals surface area contributed by atoms with Crippen LogP contribution < -0.4 is 10.2 Å². The number of guanidine groups is 1. The highest BCUT2D eigenvalue weighted by atomic mass is 127. The molecule has 0 aliphatic carbocycles. The Hall–Kier alpha value is -1.35. The molecule has 27 heavy (non-hydrogen) atoms. The van der Waals surface area contributed by atoms with E-state index in [0.29, 0.717) is 6.54 Å². The predicted molar refractivity (Wildman–Crippen MR) is 124 cm³/mol. The van der Waals surface area contributed by atoms with E-state index < -0.39 is 0 Å². The molecule has 1 fully saturated rings. The van der Waals surface area contributed by atoms with Crippen LogP contribution in [0.3, 0.4) is 0 Å². The second kappa shape index (κ2) is 13.8. The predicted octanol–water partition coefficient (Wildman–Crippen LogP) is 3.29. The summed E-state index contributed by atoms with van der Waals surface area (Å²) >= 11 is 0. The van der Waals surface area contributed by atoms with E-state index in [1.165, 1.54) is 18.4 Å². The fourth-order valence-corrected chi connectivity index (χ4v) is 3.11. The van der Waals surface area contributed by atoms with E-state index in [0.717, 1.165) is 57.5 Å². The normalized spacial score (nSPS) is 14.4. The van der Waals surface area contributed by atoms with Crippen LogP contribution in [0.5, 0.6) is 0 Å². The van der Waals surface area contributed by atoms with Gasteiger partial charge in [-0.3, -0.25) is 4.99 Å². The van der Waals surface area contributed by atoms with Crippen molar-refractivity contribution in [1.82, 2.24) is 15.2 Å². The minimum absolute atomic E-state index is 0. The smallest absolute Gasteiger partial charge is 0.193 e. The Balaban J connectivity index is 0.00000364. The third kappa shape index (κ3) is 8.04. The molecule has 152 valence electrons. The Morgan fingerprint density at radius 2 is 2.15 bits per heavy atom. The molecule has 0 spiro atoms. The first kappa shape index (κ1) is 23.7. The van der Waals surface area contributed by atoms with E-state index in [1.54, 1.807) is 0 Å². The molecule has 0 atom stereocenters. The van der Waals surface area contributed by atoms with Gasteiger partial charge in [0.25, 0.3) is 0 Å². The standard InChI is InChI=1S/C20H33N5O.HI/c1-4-5-6-7-8-12-24(3)20(21-2)23-17-18-10-9-11-22-19(18)25-13-15-26-16-14-25;/h4,9-11H,1,5-8,12-17H2,2-3H3,(H,21,23);1H. The number of allylic oxidation sites excluding steroid dienone is 1. The zero-order chi connectivity index (χ0) is 18.6. The largest absolute Gasteiger partial charge is 0.378 e. The number of halogens is 1. The number of hydrogen-bond acceptors (Lipinski definition) is 4. The molecule has 1 N–H and O–H groups in total. The van der Waals surface area contributed by atoms with Gasteiger partial charge in [-0.15, -0.1) is 30.6 Å². The molecule has 0 radical (unpaired) electrons. The molecular weight excluding hydrogens is 453 g/mol. The van der Waals surface area contributed by atoms with Gasteiger partial charge in [0, 0.05) is 52.0 Å². The Kier molecular flexibility index (Phi) is 12.1. The van der Waals surface area contributed by atoms with Gasteiger partial charge < -0.3 is 19.9 Å². The SMILES string of the molecule is C=CCCCCCN(C)C(=NC)NCc1cccnc1N1CCOCC1.I. The zero-order valence-corrected chi connectivity index (χ0v) is 19.0. The van der Waals surface area contributed by atoms with Crippen molar-refractivity contribution in [3.05, 3.63) is 36.5 Å². The molecule has 0 bridgehead atoms. The number of anilines is 1. The van der Waals surface area contributed by atoms with Gasteiger partial charge >= 0.3 is 0 Å². The highest BCUT2D eigenvalue weighted by Gasteiger charge is 2.16. The average molecular weight is 487 g/mol. The van der Waals surface area contributed by atoms with Crippen molar-refractivity contribution in [2.24, 2.45) is 4.99 Å². The first-order valence-corrected chi connectivity index (χ1v) is 9.55. The van der Waals surface area contributed by atoms with Crippen LogP contribution in [0.1, 0.15) is 31.2 Å². The van der Waals surface area contributed by atoms with E-state index in [2.05, 4.69) is 44.8 Å². The zero-order valence-electron chi connectivity index (χ0n) is 16.7. The van der Waals surface area contributed by atoms with E-state index >= 15 is 0 Å². The molecule has 0 unspecified atom stereocenters. The molecule has 1 saturated heterocycles. The lowest BCUT2D eigenvalue weighted by atomic mass is 10.2. The number of nitrogens with zero attached hydrogens (tertiary/aromatic N) is 4. The fraction of sp³-hybridized carbons (Fsp3) is 0.600. The van der Waals surface area contributed by atoms with Crippen molar-refractivity contribution in [2.75, 3.05) is 51.8 Å². The van der Waals surface area contributed by atoms with Crippen LogP contribution in [-0.2, 0) is 11.3 Å². The second-order valence-electron chi connectivity index (χ2n) is 6.55. The summed E-state index contributed by atoms with van der Waals surface area (Å²) in [5.41, 5.74) is 1.19. The molecule has 0 amide bonds. The molecule has 1 aliphatic heterocycles. The van der Waals surface area contributed by atoms with Gasteiger partial charge in [0.1, 0.15) is 5.82 Å². The van der Waals surface area contributed by atoms with E-state index in [1.807, 2.05) is 25.4 Å². The number of ether oxygens (including phenoxy) is 1. The summed E-state index contributed by atoms with van der Waals surface area (Å²) in [6.07, 6.45) is 8.54. The summed E-state index contributed by atoms with van der Waals surface area (Å²) in [5.74, 6) is 1.97.